The lowest BCUT2D eigenvalue weighted by molar-refractivity contribution is -0.113. The van der Waals surface area contributed by atoms with Crippen molar-refractivity contribution in [2.45, 2.75) is 20.5 Å². The van der Waals surface area contributed by atoms with Gasteiger partial charge >= 0.3 is 0 Å². The largest absolute Gasteiger partial charge is 0.490 e. The van der Waals surface area contributed by atoms with Crippen molar-refractivity contribution in [3.05, 3.63) is 92.3 Å². The summed E-state index contributed by atoms with van der Waals surface area (Å²) in [6.07, 6.45) is 1.77. The number of aryl methyl sites for hydroxylation is 1. The van der Waals surface area contributed by atoms with Crippen LogP contribution in [0.4, 0.5) is 5.69 Å². The summed E-state index contributed by atoms with van der Waals surface area (Å²) in [5.41, 5.74) is 3.48. The molecule has 1 saturated heterocycles. The molecule has 0 aliphatic carbocycles. The first-order chi connectivity index (χ1) is 16.4. The van der Waals surface area contributed by atoms with Crippen molar-refractivity contribution in [2.24, 2.45) is 0 Å². The van der Waals surface area contributed by atoms with Crippen molar-refractivity contribution in [1.82, 2.24) is 0 Å². The zero-order valence-corrected chi connectivity index (χ0v) is 21.7. The smallest absolute Gasteiger partial charge is 0.270 e. The van der Waals surface area contributed by atoms with E-state index in [1.807, 2.05) is 56.3 Å². The number of anilines is 1. The van der Waals surface area contributed by atoms with Crippen molar-refractivity contribution in [1.29, 1.82) is 0 Å². The van der Waals surface area contributed by atoms with E-state index in [9.17, 15) is 4.79 Å². The van der Waals surface area contributed by atoms with Gasteiger partial charge in [-0.1, -0.05) is 71.4 Å². The number of nitrogens with zero attached hydrogens (tertiary/aromatic N) is 1. The zero-order chi connectivity index (χ0) is 24.2. The topological polar surface area (TPSA) is 38.8 Å². The van der Waals surface area contributed by atoms with Crippen molar-refractivity contribution >= 4 is 69.2 Å². The van der Waals surface area contributed by atoms with Crippen LogP contribution in [0, 0.1) is 6.92 Å². The van der Waals surface area contributed by atoms with Crippen LogP contribution in [0.15, 0.2) is 65.6 Å². The number of carbonyl (C=O) groups is 1. The Bertz CT molecular complexity index is 1280. The number of amides is 1. The fourth-order valence-electron chi connectivity index (χ4n) is 3.42. The van der Waals surface area contributed by atoms with Crippen molar-refractivity contribution in [2.75, 3.05) is 11.5 Å². The van der Waals surface area contributed by atoms with E-state index in [0.717, 1.165) is 22.4 Å². The molecule has 0 aromatic heterocycles. The second-order valence-corrected chi connectivity index (χ2v) is 10.1. The summed E-state index contributed by atoms with van der Waals surface area (Å²) in [5.74, 6) is 0.782. The molecule has 4 nitrogen and oxygen atoms in total. The summed E-state index contributed by atoms with van der Waals surface area (Å²) in [6.45, 7) is 4.61. The second kappa shape index (κ2) is 10.8. The number of benzene rings is 3. The van der Waals surface area contributed by atoms with Gasteiger partial charge in [0.05, 0.1) is 22.2 Å². The minimum Gasteiger partial charge on any atom is -0.490 e. The Hall–Kier alpha value is -2.51. The number of rotatable bonds is 7. The third-order valence-corrected chi connectivity index (χ3v) is 6.81. The van der Waals surface area contributed by atoms with Gasteiger partial charge in [0, 0.05) is 5.02 Å². The van der Waals surface area contributed by atoms with Gasteiger partial charge in [0.15, 0.2) is 15.8 Å². The van der Waals surface area contributed by atoms with Gasteiger partial charge in [-0.05, 0) is 73.0 Å². The molecule has 1 aliphatic heterocycles. The molecular weight excluding hydrogens is 509 g/mol. The molecule has 0 saturated carbocycles. The Balaban J connectivity index is 1.60. The molecule has 174 valence electrons. The fourth-order valence-corrected chi connectivity index (χ4v) is 5.12. The first-order valence-electron chi connectivity index (χ1n) is 10.5. The lowest BCUT2D eigenvalue weighted by atomic mass is 10.1. The molecule has 3 aromatic carbocycles. The summed E-state index contributed by atoms with van der Waals surface area (Å²) >= 11 is 19.3. The summed E-state index contributed by atoms with van der Waals surface area (Å²) in [4.78, 5) is 15.2. The third kappa shape index (κ3) is 5.58. The number of thioether (sulfide) groups is 1. The molecule has 1 amide bonds. The highest BCUT2D eigenvalue weighted by Crippen LogP contribution is 2.40. The van der Waals surface area contributed by atoms with E-state index in [4.69, 9.17) is 44.9 Å². The summed E-state index contributed by atoms with van der Waals surface area (Å²) in [6, 6.07) is 18.6. The van der Waals surface area contributed by atoms with Gasteiger partial charge in [-0.15, -0.1) is 0 Å². The Morgan fingerprint density at radius 3 is 2.53 bits per heavy atom. The molecule has 1 heterocycles. The van der Waals surface area contributed by atoms with E-state index in [2.05, 4.69) is 0 Å². The van der Waals surface area contributed by atoms with Gasteiger partial charge in [0.1, 0.15) is 6.61 Å². The van der Waals surface area contributed by atoms with Crippen LogP contribution in [-0.4, -0.2) is 16.8 Å². The van der Waals surface area contributed by atoms with Gasteiger partial charge in [-0.2, -0.15) is 0 Å². The number of halogens is 2. The van der Waals surface area contributed by atoms with Gasteiger partial charge in [0.25, 0.3) is 5.91 Å². The van der Waals surface area contributed by atoms with Gasteiger partial charge < -0.3 is 9.47 Å². The molecule has 34 heavy (non-hydrogen) atoms. The SMILES string of the molecule is CCOc1cc(/C=C2\SC(=S)N(c3cccc(C)c3)C2=O)cc(Cl)c1OCc1ccc(Cl)cc1. The minimum absolute atomic E-state index is 0.169. The van der Waals surface area contributed by atoms with E-state index >= 15 is 0 Å². The summed E-state index contributed by atoms with van der Waals surface area (Å²) < 4.78 is 12.3. The van der Waals surface area contributed by atoms with Crippen LogP contribution in [0.25, 0.3) is 6.08 Å². The highest BCUT2D eigenvalue weighted by molar-refractivity contribution is 8.27. The van der Waals surface area contributed by atoms with Crippen LogP contribution >= 0.6 is 47.2 Å². The maximum absolute atomic E-state index is 13.1. The number of carbonyl (C=O) groups excluding carboxylic acids is 1. The number of hydrogen-bond donors (Lipinski definition) is 0. The van der Waals surface area contributed by atoms with Gasteiger partial charge in [-0.3, -0.25) is 9.69 Å². The normalized spacial score (nSPS) is 14.7. The molecular formula is C26H21Cl2NO3S2. The standard InChI is InChI=1S/C26H21Cl2NO3S2/c1-3-31-22-13-18(12-21(28)24(22)32-15-17-7-9-19(27)10-8-17)14-23-25(30)29(26(33)34-23)20-6-4-5-16(2)11-20/h4-14H,3,15H2,1-2H3/b23-14-. The Kier molecular flexibility index (Phi) is 7.84. The van der Waals surface area contributed by atoms with E-state index in [1.165, 1.54) is 11.8 Å². The third-order valence-electron chi connectivity index (χ3n) is 4.98. The molecule has 1 aliphatic rings. The predicted molar refractivity (Wildman–Crippen MR) is 145 cm³/mol. The Labute approximate surface area is 218 Å². The van der Waals surface area contributed by atoms with Gasteiger partial charge in [0.2, 0.25) is 0 Å². The lowest BCUT2D eigenvalue weighted by Crippen LogP contribution is -2.27. The Morgan fingerprint density at radius 2 is 1.82 bits per heavy atom. The van der Waals surface area contributed by atoms with E-state index in [0.29, 0.717) is 44.0 Å². The van der Waals surface area contributed by atoms with Gasteiger partial charge in [-0.25, -0.2) is 0 Å². The van der Waals surface area contributed by atoms with E-state index in [1.54, 1.807) is 29.2 Å². The number of ether oxygens (including phenoxy) is 2. The average molecular weight is 530 g/mol. The minimum atomic E-state index is -0.169. The molecule has 0 spiro atoms. The van der Waals surface area contributed by atoms with Crippen molar-refractivity contribution in [3.8, 4) is 11.5 Å². The number of thiocarbonyl (C=S) groups is 1. The molecule has 1 fully saturated rings. The quantitative estimate of drug-likeness (QED) is 0.231. The highest BCUT2D eigenvalue weighted by atomic mass is 35.5. The Morgan fingerprint density at radius 1 is 1.06 bits per heavy atom. The van der Waals surface area contributed by atoms with Crippen molar-refractivity contribution in [3.63, 3.8) is 0 Å². The van der Waals surface area contributed by atoms with Crippen LogP contribution in [0.2, 0.25) is 10.0 Å². The molecule has 0 radical (unpaired) electrons. The molecule has 0 atom stereocenters. The zero-order valence-electron chi connectivity index (χ0n) is 18.5. The molecule has 0 bridgehead atoms. The maximum atomic E-state index is 13.1. The average Bonchev–Trinajstić information content (AvgIpc) is 3.07. The predicted octanol–water partition coefficient (Wildman–Crippen LogP) is 7.69. The number of hydrogen-bond acceptors (Lipinski definition) is 5. The molecule has 3 aromatic rings. The molecule has 0 unspecified atom stereocenters. The first-order valence-corrected chi connectivity index (χ1v) is 12.5. The summed E-state index contributed by atoms with van der Waals surface area (Å²) in [5, 5.41) is 1.05. The molecule has 8 heteroatoms. The van der Waals surface area contributed by atoms with Crippen LogP contribution in [0.5, 0.6) is 11.5 Å². The summed E-state index contributed by atoms with van der Waals surface area (Å²) in [7, 11) is 0. The lowest BCUT2D eigenvalue weighted by Gasteiger charge is -2.15. The van der Waals surface area contributed by atoms with Crippen LogP contribution < -0.4 is 14.4 Å². The van der Waals surface area contributed by atoms with Crippen LogP contribution in [0.3, 0.4) is 0 Å². The molecule has 4 rings (SSSR count). The van der Waals surface area contributed by atoms with Crippen LogP contribution in [0.1, 0.15) is 23.6 Å². The monoisotopic (exact) mass is 529 g/mol. The second-order valence-electron chi connectivity index (χ2n) is 7.53. The molecule has 0 N–H and O–H groups in total. The first kappa shape index (κ1) is 24.6. The van der Waals surface area contributed by atoms with E-state index < -0.39 is 0 Å². The maximum Gasteiger partial charge on any atom is 0.270 e. The van der Waals surface area contributed by atoms with E-state index in [-0.39, 0.29) is 5.91 Å². The fraction of sp³-hybridized carbons (Fsp3) is 0.154. The highest BCUT2D eigenvalue weighted by Gasteiger charge is 2.33. The van der Waals surface area contributed by atoms with Crippen molar-refractivity contribution < 1.29 is 14.3 Å². The van der Waals surface area contributed by atoms with Crippen LogP contribution in [-0.2, 0) is 11.4 Å².